The van der Waals surface area contributed by atoms with Gasteiger partial charge in [0, 0.05) is 63.2 Å². The van der Waals surface area contributed by atoms with Gasteiger partial charge in [-0.15, -0.1) is 0 Å². The molecule has 0 aromatic carbocycles. The highest BCUT2D eigenvalue weighted by Crippen LogP contribution is 2.29. The van der Waals surface area contributed by atoms with Crippen molar-refractivity contribution in [3.05, 3.63) is 39.9 Å². The molecule has 0 unspecified atom stereocenters. The van der Waals surface area contributed by atoms with E-state index in [0.29, 0.717) is 24.1 Å². The van der Waals surface area contributed by atoms with Crippen molar-refractivity contribution in [1.82, 2.24) is 34.6 Å². The Balaban J connectivity index is 1.44. The first kappa shape index (κ1) is 27.6. The predicted octanol–water partition coefficient (Wildman–Crippen LogP) is 2.23. The third kappa shape index (κ3) is 6.35. The van der Waals surface area contributed by atoms with Gasteiger partial charge in [0.15, 0.2) is 0 Å². The monoisotopic (exact) mass is 538 g/mol. The Morgan fingerprint density at radius 1 is 1.21 bits per heavy atom. The number of nitrogens with one attached hydrogen (secondary N) is 1. The highest BCUT2D eigenvalue weighted by atomic mass is 35.5. The number of piperazine rings is 1. The van der Waals surface area contributed by atoms with Crippen LogP contribution in [0.3, 0.4) is 0 Å². The highest BCUT2D eigenvalue weighted by molar-refractivity contribution is 6.34. The molecule has 0 saturated carbocycles. The van der Waals surface area contributed by atoms with Crippen molar-refractivity contribution in [2.75, 3.05) is 59.2 Å². The molecule has 0 spiro atoms. The smallest absolute Gasteiger partial charge is 0.233 e. The summed E-state index contributed by atoms with van der Waals surface area (Å²) >= 11 is 6.49. The Labute approximate surface area is 228 Å². The minimum absolute atomic E-state index is 0.0632. The van der Waals surface area contributed by atoms with Gasteiger partial charge in [0.05, 0.1) is 36.8 Å². The molecule has 38 heavy (non-hydrogen) atoms. The number of hydrogen-bond acceptors (Lipinski definition) is 8. The number of likely N-dealkylation sites (N-methyl/N-ethyl adjacent to an activating group) is 1. The molecule has 1 amide bonds. The lowest BCUT2D eigenvalue weighted by atomic mass is 10.1. The number of methoxy groups -OCH3 is 1. The molecule has 0 aliphatic carbocycles. The van der Waals surface area contributed by atoms with E-state index >= 15 is 0 Å². The second kappa shape index (κ2) is 12.4. The number of carbonyl (C=O) groups excluding carboxylic acids is 1. The van der Waals surface area contributed by atoms with Crippen molar-refractivity contribution < 1.29 is 9.53 Å². The molecule has 3 aromatic heterocycles. The van der Waals surface area contributed by atoms with Crippen LogP contribution >= 0.6 is 11.6 Å². The number of amides is 1. The number of aromatic nitrogens is 4. The van der Waals surface area contributed by atoms with Crippen molar-refractivity contribution in [3.63, 3.8) is 0 Å². The first-order chi connectivity index (χ1) is 18.3. The first-order valence-corrected chi connectivity index (χ1v) is 13.1. The topological polar surface area (TPSA) is 114 Å². The van der Waals surface area contributed by atoms with Gasteiger partial charge in [0.2, 0.25) is 11.9 Å². The van der Waals surface area contributed by atoms with Crippen LogP contribution in [0.1, 0.15) is 35.2 Å². The third-order valence-corrected chi connectivity index (χ3v) is 7.14. The molecule has 10 nitrogen and oxygen atoms in total. The number of aryl methyl sites for hydroxylation is 1. The Morgan fingerprint density at radius 3 is 2.66 bits per heavy atom. The fourth-order valence-corrected chi connectivity index (χ4v) is 5.04. The van der Waals surface area contributed by atoms with Crippen molar-refractivity contribution >= 4 is 34.5 Å². The number of anilines is 1. The largest absolute Gasteiger partial charge is 0.496 e. The molecule has 3 N–H and O–H groups in total. The SMILES string of the molecule is CNC(=O)CN1CCN(CCCC#Cc2cn(Cc3ncc(C)c(OC)c3C)c3nc(N)nc(Cl)c23)CC1. The number of halogens is 1. The van der Waals surface area contributed by atoms with E-state index in [1.165, 1.54) is 0 Å². The van der Waals surface area contributed by atoms with Crippen LogP contribution in [-0.2, 0) is 11.3 Å². The zero-order chi connectivity index (χ0) is 27.2. The molecule has 11 heteroatoms. The molecule has 3 aromatic rings. The summed E-state index contributed by atoms with van der Waals surface area (Å²) in [4.78, 5) is 29.4. The lowest BCUT2D eigenvalue weighted by molar-refractivity contribution is -0.122. The summed E-state index contributed by atoms with van der Waals surface area (Å²) < 4.78 is 7.53. The number of rotatable bonds is 8. The molecule has 0 atom stereocenters. The minimum Gasteiger partial charge on any atom is -0.496 e. The Morgan fingerprint density at radius 2 is 1.95 bits per heavy atom. The Bertz CT molecular complexity index is 1370. The Kier molecular flexibility index (Phi) is 9.05. The molecule has 1 aliphatic heterocycles. The molecule has 4 rings (SSSR count). The van der Waals surface area contributed by atoms with Crippen LogP contribution in [0.5, 0.6) is 5.75 Å². The number of fused-ring (bicyclic) bond motifs is 1. The highest BCUT2D eigenvalue weighted by Gasteiger charge is 2.19. The lowest BCUT2D eigenvalue weighted by Gasteiger charge is -2.34. The predicted molar refractivity (Wildman–Crippen MR) is 149 cm³/mol. The summed E-state index contributed by atoms with van der Waals surface area (Å²) in [5.74, 6) is 7.58. The van der Waals surface area contributed by atoms with E-state index < -0.39 is 0 Å². The summed E-state index contributed by atoms with van der Waals surface area (Å²) in [6.45, 7) is 9.62. The minimum atomic E-state index is 0.0632. The maximum absolute atomic E-state index is 11.6. The van der Waals surface area contributed by atoms with E-state index in [1.54, 1.807) is 14.2 Å². The van der Waals surface area contributed by atoms with Gasteiger partial charge >= 0.3 is 0 Å². The standard InChI is InChI=1S/C27H35ClN8O2/c1-18-14-31-21(19(2)24(18)38-4)16-36-15-20(23-25(28)32-27(29)33-26(23)36)8-6-5-7-9-34-10-12-35(13-11-34)17-22(37)30-3/h14-15H,5,7,9-13,16-17H2,1-4H3,(H,30,37)(H2,29,32,33). The molecule has 1 fully saturated rings. The fraction of sp³-hybridized carbons (Fsp3) is 0.481. The number of nitrogens with two attached hydrogens (primary N) is 1. The normalized spacial score (nSPS) is 14.3. The summed E-state index contributed by atoms with van der Waals surface area (Å²) in [5, 5.41) is 3.66. The molecule has 1 aliphatic rings. The number of carbonyl (C=O) groups is 1. The second-order valence-electron chi connectivity index (χ2n) is 9.48. The van der Waals surface area contributed by atoms with Crippen LogP contribution in [-0.4, -0.2) is 88.7 Å². The van der Waals surface area contributed by atoms with Crippen LogP contribution in [0.25, 0.3) is 11.0 Å². The third-order valence-electron chi connectivity index (χ3n) is 6.87. The van der Waals surface area contributed by atoms with Gasteiger partial charge in [0.1, 0.15) is 16.5 Å². The van der Waals surface area contributed by atoms with Gasteiger partial charge in [-0.25, -0.2) is 4.98 Å². The van der Waals surface area contributed by atoms with Crippen LogP contribution in [0.2, 0.25) is 5.15 Å². The lowest BCUT2D eigenvalue weighted by Crippen LogP contribution is -2.49. The number of nitrogens with zero attached hydrogens (tertiary/aromatic N) is 6. The van der Waals surface area contributed by atoms with Crippen LogP contribution in [0, 0.1) is 25.7 Å². The quantitative estimate of drug-likeness (QED) is 0.255. The maximum Gasteiger partial charge on any atom is 0.233 e. The van der Waals surface area contributed by atoms with Crippen LogP contribution in [0.4, 0.5) is 5.95 Å². The molecular formula is C27H35ClN8O2. The average molecular weight is 539 g/mol. The zero-order valence-corrected chi connectivity index (χ0v) is 23.2. The van der Waals surface area contributed by atoms with E-state index in [2.05, 4.69) is 41.9 Å². The van der Waals surface area contributed by atoms with Crippen LogP contribution in [0.15, 0.2) is 12.4 Å². The van der Waals surface area contributed by atoms with Crippen molar-refractivity contribution in [2.24, 2.45) is 0 Å². The van der Waals surface area contributed by atoms with Crippen molar-refractivity contribution in [3.8, 4) is 17.6 Å². The summed E-state index contributed by atoms with van der Waals surface area (Å²) in [6, 6.07) is 0. The van der Waals surface area contributed by atoms with Crippen LogP contribution < -0.4 is 15.8 Å². The van der Waals surface area contributed by atoms with E-state index in [0.717, 1.165) is 73.7 Å². The number of pyridine rings is 1. The van der Waals surface area contributed by atoms with Gasteiger partial charge in [-0.1, -0.05) is 23.4 Å². The summed E-state index contributed by atoms with van der Waals surface area (Å²) in [6.07, 6.45) is 5.47. The molecule has 202 valence electrons. The van der Waals surface area contributed by atoms with E-state index in [4.69, 9.17) is 22.1 Å². The molecule has 0 bridgehead atoms. The van der Waals surface area contributed by atoms with Gasteiger partial charge in [-0.05, 0) is 26.8 Å². The Hall–Kier alpha value is -3.39. The fourth-order valence-electron chi connectivity index (χ4n) is 4.77. The van der Waals surface area contributed by atoms with E-state index in [9.17, 15) is 4.79 Å². The molecule has 4 heterocycles. The van der Waals surface area contributed by atoms with Gasteiger partial charge < -0.3 is 25.3 Å². The molecule has 1 saturated heterocycles. The van der Waals surface area contributed by atoms with Gasteiger partial charge in [-0.2, -0.15) is 4.98 Å². The van der Waals surface area contributed by atoms with E-state index in [1.807, 2.05) is 30.8 Å². The second-order valence-corrected chi connectivity index (χ2v) is 9.84. The number of ether oxygens (including phenoxy) is 1. The average Bonchev–Trinajstić information content (AvgIpc) is 3.23. The summed E-state index contributed by atoms with van der Waals surface area (Å²) in [5.41, 5.74) is 10.1. The van der Waals surface area contributed by atoms with Gasteiger partial charge in [0.25, 0.3) is 0 Å². The summed E-state index contributed by atoms with van der Waals surface area (Å²) in [7, 11) is 3.34. The van der Waals surface area contributed by atoms with Crippen molar-refractivity contribution in [2.45, 2.75) is 33.2 Å². The van der Waals surface area contributed by atoms with Gasteiger partial charge in [-0.3, -0.25) is 14.7 Å². The molecule has 0 radical (unpaired) electrons. The number of nitrogen functional groups attached to an aromatic ring is 1. The number of unbranched alkanes of at least 4 members (excludes halogenated alkanes) is 1. The first-order valence-electron chi connectivity index (χ1n) is 12.8. The number of hydrogen-bond donors (Lipinski definition) is 2. The van der Waals surface area contributed by atoms with Crippen molar-refractivity contribution in [1.29, 1.82) is 0 Å². The van der Waals surface area contributed by atoms with E-state index in [-0.39, 0.29) is 17.0 Å². The maximum atomic E-state index is 11.6. The molecular weight excluding hydrogens is 504 g/mol. The zero-order valence-electron chi connectivity index (χ0n) is 22.5.